The number of hydrogen-bond donors (Lipinski definition) is 1. The van der Waals surface area contributed by atoms with E-state index in [1.807, 2.05) is 30.3 Å². The van der Waals surface area contributed by atoms with Crippen LogP contribution >= 0.6 is 0 Å². The molecule has 0 aliphatic rings. The summed E-state index contributed by atoms with van der Waals surface area (Å²) in [5.41, 5.74) is 1.48. The molecule has 0 fully saturated rings. The number of halogens is 2. The van der Waals surface area contributed by atoms with Crippen LogP contribution < -0.4 is 0 Å². The molecule has 0 radical (unpaired) electrons. The fraction of sp³-hybridized carbons (Fsp3) is 0.160. The first kappa shape index (κ1) is 23.6. The van der Waals surface area contributed by atoms with Crippen molar-refractivity contribution in [3.8, 4) is 0 Å². The lowest BCUT2D eigenvalue weighted by molar-refractivity contribution is 0.0664. The molecule has 4 rings (SSSR count). The second-order valence-electron chi connectivity index (χ2n) is 7.83. The van der Waals surface area contributed by atoms with Gasteiger partial charge >= 0.3 is 5.97 Å². The molecule has 6 nitrogen and oxygen atoms in total. The van der Waals surface area contributed by atoms with Crippen molar-refractivity contribution in [2.24, 2.45) is 0 Å². The maximum absolute atomic E-state index is 14.4. The third kappa shape index (κ3) is 4.71. The Labute approximate surface area is 195 Å². The Kier molecular flexibility index (Phi) is 6.49. The highest BCUT2D eigenvalue weighted by Gasteiger charge is 2.27. The molecule has 34 heavy (non-hydrogen) atoms. The molecular formula is C25H21F2NO5S. The van der Waals surface area contributed by atoms with E-state index in [1.54, 1.807) is 0 Å². The summed E-state index contributed by atoms with van der Waals surface area (Å²) in [6.07, 6.45) is 0.374. The molecule has 0 aliphatic carbocycles. The Morgan fingerprint density at radius 2 is 1.76 bits per heavy atom. The molecule has 0 bridgehead atoms. The number of carbonyl (C=O) groups is 1. The van der Waals surface area contributed by atoms with Crippen molar-refractivity contribution in [1.82, 2.24) is 4.31 Å². The standard InChI is InChI=1S/C25H21F2NO5S/c1-16-21-14-20(9-10-23(21)33-24(16)25(29)30)34(31,32)28(12-11-17-5-3-2-4-6-17)15-18-7-8-19(26)13-22(18)27/h2-10,13-14H,11-12,15H2,1H3,(H,29,30). The number of benzene rings is 3. The quantitative estimate of drug-likeness (QED) is 0.373. The molecule has 3 aromatic carbocycles. The van der Waals surface area contributed by atoms with Crippen LogP contribution in [0.1, 0.15) is 27.2 Å². The van der Waals surface area contributed by atoms with Gasteiger partial charge in [0.1, 0.15) is 17.2 Å². The zero-order valence-electron chi connectivity index (χ0n) is 18.2. The molecule has 0 aliphatic heterocycles. The van der Waals surface area contributed by atoms with E-state index in [-0.39, 0.29) is 34.9 Å². The lowest BCUT2D eigenvalue weighted by Crippen LogP contribution is -2.33. The van der Waals surface area contributed by atoms with Crippen LogP contribution in [0.2, 0.25) is 0 Å². The van der Waals surface area contributed by atoms with Gasteiger partial charge in [-0.2, -0.15) is 4.31 Å². The van der Waals surface area contributed by atoms with Gasteiger partial charge in [0.05, 0.1) is 4.90 Å². The number of sulfonamides is 1. The average Bonchev–Trinajstić information content (AvgIpc) is 3.14. The van der Waals surface area contributed by atoms with E-state index in [0.717, 1.165) is 15.9 Å². The summed E-state index contributed by atoms with van der Waals surface area (Å²) >= 11 is 0. The molecule has 1 heterocycles. The van der Waals surface area contributed by atoms with Gasteiger partial charge in [0.15, 0.2) is 0 Å². The summed E-state index contributed by atoms with van der Waals surface area (Å²) in [5.74, 6) is -3.12. The average molecular weight is 486 g/mol. The molecular weight excluding hydrogens is 464 g/mol. The number of carboxylic acids is 1. The number of carboxylic acid groups (broad SMARTS) is 1. The van der Waals surface area contributed by atoms with Gasteiger partial charge in [0.2, 0.25) is 15.8 Å². The minimum absolute atomic E-state index is 0.0340. The highest BCUT2D eigenvalue weighted by molar-refractivity contribution is 7.89. The van der Waals surface area contributed by atoms with Crippen LogP contribution in [0, 0.1) is 18.6 Å². The van der Waals surface area contributed by atoms with Crippen molar-refractivity contribution in [3.63, 3.8) is 0 Å². The van der Waals surface area contributed by atoms with Crippen molar-refractivity contribution in [2.75, 3.05) is 6.54 Å². The second-order valence-corrected chi connectivity index (χ2v) is 9.77. The monoisotopic (exact) mass is 485 g/mol. The Morgan fingerprint density at radius 3 is 2.44 bits per heavy atom. The summed E-state index contributed by atoms with van der Waals surface area (Å²) in [4.78, 5) is 11.3. The third-order valence-electron chi connectivity index (χ3n) is 5.59. The number of furan rings is 1. The fourth-order valence-electron chi connectivity index (χ4n) is 3.74. The highest BCUT2D eigenvalue weighted by Crippen LogP contribution is 2.29. The van der Waals surface area contributed by atoms with Crippen LogP contribution in [-0.2, 0) is 23.0 Å². The smallest absolute Gasteiger partial charge is 0.372 e. The van der Waals surface area contributed by atoms with Gasteiger partial charge in [0, 0.05) is 35.7 Å². The van der Waals surface area contributed by atoms with Crippen molar-refractivity contribution < 1.29 is 31.5 Å². The predicted molar refractivity (Wildman–Crippen MR) is 122 cm³/mol. The fourth-order valence-corrected chi connectivity index (χ4v) is 5.18. The Bertz CT molecular complexity index is 1470. The van der Waals surface area contributed by atoms with Crippen molar-refractivity contribution in [2.45, 2.75) is 24.8 Å². The number of fused-ring (bicyclic) bond motifs is 1. The second kappa shape index (κ2) is 9.36. The van der Waals surface area contributed by atoms with E-state index >= 15 is 0 Å². The van der Waals surface area contributed by atoms with Crippen LogP contribution in [-0.4, -0.2) is 30.3 Å². The van der Waals surface area contributed by atoms with Gasteiger partial charge in [-0.1, -0.05) is 36.4 Å². The molecule has 9 heteroatoms. The van der Waals surface area contributed by atoms with E-state index in [9.17, 15) is 27.1 Å². The van der Waals surface area contributed by atoms with Gasteiger partial charge < -0.3 is 9.52 Å². The molecule has 0 spiro atoms. The first-order valence-electron chi connectivity index (χ1n) is 10.4. The topological polar surface area (TPSA) is 87.8 Å². The lowest BCUT2D eigenvalue weighted by atomic mass is 10.1. The highest BCUT2D eigenvalue weighted by atomic mass is 32.2. The van der Waals surface area contributed by atoms with Gasteiger partial charge in [-0.05, 0) is 43.2 Å². The molecule has 0 saturated heterocycles. The number of aromatic carboxylic acids is 1. The van der Waals surface area contributed by atoms with E-state index in [4.69, 9.17) is 4.42 Å². The molecule has 176 valence electrons. The summed E-state index contributed by atoms with van der Waals surface area (Å²) in [6, 6.07) is 16.3. The number of hydrogen-bond acceptors (Lipinski definition) is 4. The molecule has 1 N–H and O–H groups in total. The summed E-state index contributed by atoms with van der Waals surface area (Å²) < 4.78 is 61.4. The van der Waals surface area contributed by atoms with Crippen LogP contribution in [0.15, 0.2) is 76.0 Å². The van der Waals surface area contributed by atoms with Crippen LogP contribution in [0.3, 0.4) is 0 Å². The third-order valence-corrected chi connectivity index (χ3v) is 7.44. The van der Waals surface area contributed by atoms with Gasteiger partial charge in [-0.15, -0.1) is 0 Å². The zero-order valence-corrected chi connectivity index (χ0v) is 19.0. The largest absolute Gasteiger partial charge is 0.475 e. The SMILES string of the molecule is Cc1c(C(=O)O)oc2ccc(S(=O)(=O)N(CCc3ccccc3)Cc3ccc(F)cc3F)cc12. The Balaban J connectivity index is 1.73. The van der Waals surface area contributed by atoms with Gasteiger partial charge in [0.25, 0.3) is 0 Å². The maximum atomic E-state index is 14.4. The van der Waals surface area contributed by atoms with Crippen LogP contribution in [0.25, 0.3) is 11.0 Å². The summed E-state index contributed by atoms with van der Waals surface area (Å²) in [6.45, 7) is 1.28. The minimum atomic E-state index is -4.13. The van der Waals surface area contributed by atoms with E-state index in [0.29, 0.717) is 23.4 Å². The molecule has 1 aromatic heterocycles. The van der Waals surface area contributed by atoms with Crippen LogP contribution in [0.4, 0.5) is 8.78 Å². The predicted octanol–water partition coefficient (Wildman–Crippen LogP) is 5.15. The van der Waals surface area contributed by atoms with Crippen molar-refractivity contribution >= 4 is 27.0 Å². The minimum Gasteiger partial charge on any atom is -0.475 e. The van der Waals surface area contributed by atoms with Crippen molar-refractivity contribution in [1.29, 1.82) is 0 Å². The first-order valence-corrected chi connectivity index (χ1v) is 11.9. The van der Waals surface area contributed by atoms with E-state index in [1.165, 1.54) is 31.2 Å². The van der Waals surface area contributed by atoms with E-state index < -0.39 is 27.6 Å². The molecule has 4 aromatic rings. The Hall–Kier alpha value is -3.56. The molecule has 0 atom stereocenters. The van der Waals surface area contributed by atoms with Gasteiger partial charge in [-0.3, -0.25) is 0 Å². The number of aryl methyl sites for hydroxylation is 1. The number of nitrogens with zero attached hydrogens (tertiary/aromatic N) is 1. The zero-order chi connectivity index (χ0) is 24.5. The normalized spacial score (nSPS) is 11.9. The van der Waals surface area contributed by atoms with Crippen molar-refractivity contribution in [3.05, 3.63) is 101 Å². The first-order chi connectivity index (χ1) is 16.2. The summed E-state index contributed by atoms with van der Waals surface area (Å²) in [7, 11) is -4.13. The van der Waals surface area contributed by atoms with E-state index in [2.05, 4.69) is 0 Å². The maximum Gasteiger partial charge on any atom is 0.372 e. The summed E-state index contributed by atoms with van der Waals surface area (Å²) in [5, 5.41) is 9.65. The number of rotatable bonds is 8. The molecule has 0 amide bonds. The molecule has 0 saturated carbocycles. The van der Waals surface area contributed by atoms with Crippen LogP contribution in [0.5, 0.6) is 0 Å². The molecule has 0 unspecified atom stereocenters. The lowest BCUT2D eigenvalue weighted by Gasteiger charge is -2.23. The van der Waals surface area contributed by atoms with Gasteiger partial charge in [-0.25, -0.2) is 22.0 Å². The Morgan fingerprint density at radius 1 is 1.03 bits per heavy atom.